The molecule has 0 aliphatic heterocycles. The first-order valence-electron chi connectivity index (χ1n) is 9.08. The highest BCUT2D eigenvalue weighted by atomic mass is 14.8. The van der Waals surface area contributed by atoms with Gasteiger partial charge in [0, 0.05) is 11.6 Å². The summed E-state index contributed by atoms with van der Waals surface area (Å²) in [6.45, 7) is 13.7. The number of benzene rings is 1. The molecule has 2 aromatic rings. The molecule has 2 rings (SSSR count). The van der Waals surface area contributed by atoms with E-state index in [1.807, 2.05) is 6.20 Å². The lowest BCUT2D eigenvalue weighted by Crippen LogP contribution is -2.20. The first-order chi connectivity index (χ1) is 10.8. The van der Waals surface area contributed by atoms with Crippen LogP contribution >= 0.6 is 0 Å². The maximum absolute atomic E-state index is 4.97. The molecule has 0 amide bonds. The largest absolute Gasteiger partial charge is 0.253 e. The van der Waals surface area contributed by atoms with Gasteiger partial charge in [0.25, 0.3) is 0 Å². The maximum Gasteiger partial charge on any atom is 0.0893 e. The summed E-state index contributed by atoms with van der Waals surface area (Å²) in [6.07, 6.45) is 7.96. The molecule has 0 aliphatic carbocycles. The number of aromatic nitrogens is 2. The van der Waals surface area contributed by atoms with Gasteiger partial charge < -0.3 is 0 Å². The average Bonchev–Trinajstić information content (AvgIpc) is 2.52. The molecule has 2 nitrogen and oxygen atoms in total. The summed E-state index contributed by atoms with van der Waals surface area (Å²) >= 11 is 0. The number of hydrogen-bond donors (Lipinski definition) is 0. The van der Waals surface area contributed by atoms with Gasteiger partial charge in [0.1, 0.15) is 0 Å². The highest BCUT2D eigenvalue weighted by Gasteiger charge is 2.23. The third-order valence-electron chi connectivity index (χ3n) is 5.05. The van der Waals surface area contributed by atoms with Crippen LogP contribution in [0.4, 0.5) is 0 Å². The molecule has 126 valence electrons. The van der Waals surface area contributed by atoms with E-state index in [0.29, 0.717) is 0 Å². The van der Waals surface area contributed by atoms with Gasteiger partial charge in [-0.3, -0.25) is 4.98 Å². The number of nitrogens with zero attached hydrogens (tertiary/aromatic N) is 2. The van der Waals surface area contributed by atoms with Gasteiger partial charge >= 0.3 is 0 Å². The molecular formula is C21H32N2. The second-order valence-electron chi connectivity index (χ2n) is 8.08. The summed E-state index contributed by atoms with van der Waals surface area (Å²) in [5, 5.41) is 0. The van der Waals surface area contributed by atoms with Crippen LogP contribution in [0.25, 0.3) is 11.0 Å². The van der Waals surface area contributed by atoms with Gasteiger partial charge in [0.2, 0.25) is 0 Å². The third-order valence-corrected chi connectivity index (χ3v) is 5.05. The van der Waals surface area contributed by atoms with E-state index in [1.54, 1.807) is 0 Å². The van der Waals surface area contributed by atoms with Crippen molar-refractivity contribution < 1.29 is 0 Å². The van der Waals surface area contributed by atoms with Gasteiger partial charge in [-0.15, -0.1) is 0 Å². The smallest absolute Gasteiger partial charge is 0.0893 e. The van der Waals surface area contributed by atoms with E-state index in [0.717, 1.165) is 23.1 Å². The molecule has 0 N–H and O–H groups in total. The quantitative estimate of drug-likeness (QED) is 0.610. The summed E-state index contributed by atoms with van der Waals surface area (Å²) < 4.78 is 0. The number of rotatable bonds is 7. The lowest BCUT2D eigenvalue weighted by molar-refractivity contribution is 0.445. The average molecular weight is 313 g/mol. The van der Waals surface area contributed by atoms with E-state index >= 15 is 0 Å². The van der Waals surface area contributed by atoms with Crippen LogP contribution in [0, 0.1) is 0 Å². The molecule has 1 aromatic heterocycles. The fourth-order valence-electron chi connectivity index (χ4n) is 3.27. The predicted octanol–water partition coefficient (Wildman–Crippen LogP) is 6.18. The Balaban J connectivity index is 2.41. The van der Waals surface area contributed by atoms with E-state index in [4.69, 9.17) is 4.98 Å². The van der Waals surface area contributed by atoms with Crippen molar-refractivity contribution in [2.45, 2.75) is 84.5 Å². The van der Waals surface area contributed by atoms with Crippen LogP contribution in [0.5, 0.6) is 0 Å². The Morgan fingerprint density at radius 1 is 0.870 bits per heavy atom. The summed E-state index contributed by atoms with van der Waals surface area (Å²) in [7, 11) is 0. The predicted molar refractivity (Wildman–Crippen MR) is 100 cm³/mol. The van der Waals surface area contributed by atoms with Gasteiger partial charge in [-0.1, -0.05) is 66.9 Å². The SMILES string of the molecule is CCCCC(C)(C)c1cnc2ccc(C(C)(C)CCC)cc2n1. The highest BCUT2D eigenvalue weighted by Crippen LogP contribution is 2.32. The van der Waals surface area contributed by atoms with E-state index in [1.165, 1.54) is 31.2 Å². The van der Waals surface area contributed by atoms with E-state index in [9.17, 15) is 0 Å². The highest BCUT2D eigenvalue weighted by molar-refractivity contribution is 5.75. The molecule has 1 aromatic carbocycles. The van der Waals surface area contributed by atoms with Gasteiger partial charge in [-0.05, 0) is 36.0 Å². The third kappa shape index (κ3) is 4.10. The molecule has 0 aliphatic rings. The first kappa shape index (κ1) is 17.9. The molecule has 0 saturated heterocycles. The zero-order valence-electron chi connectivity index (χ0n) is 15.7. The molecule has 0 bridgehead atoms. The van der Waals surface area contributed by atoms with Crippen LogP contribution in [0.3, 0.4) is 0 Å². The Bertz CT molecular complexity index is 656. The van der Waals surface area contributed by atoms with E-state index in [-0.39, 0.29) is 10.8 Å². The van der Waals surface area contributed by atoms with Crippen molar-refractivity contribution in [3.05, 3.63) is 35.7 Å². The van der Waals surface area contributed by atoms with Crippen molar-refractivity contribution in [1.82, 2.24) is 9.97 Å². The van der Waals surface area contributed by atoms with Crippen LogP contribution in [-0.4, -0.2) is 9.97 Å². The van der Waals surface area contributed by atoms with Crippen LogP contribution in [0.15, 0.2) is 24.4 Å². The molecular weight excluding hydrogens is 280 g/mol. The molecule has 0 saturated carbocycles. The van der Waals surface area contributed by atoms with E-state index in [2.05, 4.69) is 64.7 Å². The van der Waals surface area contributed by atoms with Crippen molar-refractivity contribution in [3.8, 4) is 0 Å². The molecule has 0 radical (unpaired) electrons. The van der Waals surface area contributed by atoms with Gasteiger partial charge in [-0.2, -0.15) is 0 Å². The molecule has 23 heavy (non-hydrogen) atoms. The zero-order valence-corrected chi connectivity index (χ0v) is 15.7. The summed E-state index contributed by atoms with van der Waals surface area (Å²) in [5.74, 6) is 0. The lowest BCUT2D eigenvalue weighted by atomic mass is 9.80. The molecule has 0 spiro atoms. The Morgan fingerprint density at radius 2 is 1.61 bits per heavy atom. The summed E-state index contributed by atoms with van der Waals surface area (Å²) in [6, 6.07) is 6.59. The maximum atomic E-state index is 4.97. The molecule has 2 heteroatoms. The second kappa shape index (κ2) is 6.98. The number of unbranched alkanes of at least 4 members (excludes halogenated alkanes) is 1. The van der Waals surface area contributed by atoms with Crippen molar-refractivity contribution in [2.75, 3.05) is 0 Å². The molecule has 0 fully saturated rings. The van der Waals surface area contributed by atoms with Gasteiger partial charge in [-0.25, -0.2) is 4.98 Å². The minimum Gasteiger partial charge on any atom is -0.253 e. The Kier molecular flexibility index (Phi) is 5.44. The molecule has 0 atom stereocenters. The number of hydrogen-bond acceptors (Lipinski definition) is 2. The lowest BCUT2D eigenvalue weighted by Gasteiger charge is -2.26. The fraction of sp³-hybridized carbons (Fsp3) is 0.619. The van der Waals surface area contributed by atoms with Crippen molar-refractivity contribution in [2.24, 2.45) is 0 Å². The first-order valence-corrected chi connectivity index (χ1v) is 9.08. The topological polar surface area (TPSA) is 25.8 Å². The normalized spacial score (nSPS) is 12.8. The Morgan fingerprint density at radius 3 is 2.26 bits per heavy atom. The fourth-order valence-corrected chi connectivity index (χ4v) is 3.27. The summed E-state index contributed by atoms with van der Waals surface area (Å²) in [5.41, 5.74) is 4.79. The van der Waals surface area contributed by atoms with Crippen molar-refractivity contribution >= 4 is 11.0 Å². The van der Waals surface area contributed by atoms with Gasteiger partial charge in [0.15, 0.2) is 0 Å². The van der Waals surface area contributed by atoms with Crippen LogP contribution < -0.4 is 0 Å². The Hall–Kier alpha value is -1.44. The second-order valence-corrected chi connectivity index (χ2v) is 8.08. The van der Waals surface area contributed by atoms with Crippen LogP contribution in [-0.2, 0) is 10.8 Å². The zero-order chi connectivity index (χ0) is 17.1. The van der Waals surface area contributed by atoms with Crippen LogP contribution in [0.2, 0.25) is 0 Å². The standard InChI is InChI=1S/C21H32N2/c1-7-9-13-21(5,6)19-15-22-17-11-10-16(14-18(17)23-19)20(3,4)12-8-2/h10-11,14-15H,7-9,12-13H2,1-6H3. The van der Waals surface area contributed by atoms with Crippen molar-refractivity contribution in [1.29, 1.82) is 0 Å². The monoisotopic (exact) mass is 312 g/mol. The van der Waals surface area contributed by atoms with Crippen molar-refractivity contribution in [3.63, 3.8) is 0 Å². The number of fused-ring (bicyclic) bond motifs is 1. The minimum atomic E-state index is 0.0894. The van der Waals surface area contributed by atoms with Gasteiger partial charge in [0.05, 0.1) is 16.7 Å². The molecule has 0 unspecified atom stereocenters. The molecule has 1 heterocycles. The minimum absolute atomic E-state index is 0.0894. The Labute approximate surface area is 141 Å². The van der Waals surface area contributed by atoms with Crippen LogP contribution in [0.1, 0.15) is 84.9 Å². The van der Waals surface area contributed by atoms with E-state index < -0.39 is 0 Å². The summed E-state index contributed by atoms with van der Waals surface area (Å²) in [4.78, 5) is 9.63.